The van der Waals surface area contributed by atoms with Gasteiger partial charge >= 0.3 is 0 Å². The molecule has 0 radical (unpaired) electrons. The Balaban J connectivity index is 1.74. The maximum absolute atomic E-state index is 12.0. The fourth-order valence-electron chi connectivity index (χ4n) is 2.69. The van der Waals surface area contributed by atoms with Crippen LogP contribution in [0.2, 0.25) is 0 Å². The van der Waals surface area contributed by atoms with E-state index in [0.29, 0.717) is 6.54 Å². The van der Waals surface area contributed by atoms with Gasteiger partial charge in [0.25, 0.3) is 5.56 Å². The lowest BCUT2D eigenvalue weighted by atomic mass is 10.2. The van der Waals surface area contributed by atoms with Crippen molar-refractivity contribution in [2.75, 3.05) is 21.3 Å². The standard InChI is InChI=1S/C17H19N3O3S/c1-19(10-12-4-5-14(22-2)15(8-12)23-3)11-13-9-16(21)20-6-7-24-17(20)18-13/h4-9H,10-11H2,1-3H3/p+1. The number of aromatic nitrogens is 2. The van der Waals surface area contributed by atoms with E-state index in [1.807, 2.05) is 23.6 Å². The Kier molecular flexibility index (Phi) is 4.82. The van der Waals surface area contributed by atoms with Crippen LogP contribution in [-0.4, -0.2) is 30.7 Å². The Labute approximate surface area is 143 Å². The average Bonchev–Trinajstić information content (AvgIpc) is 3.03. The molecule has 0 amide bonds. The van der Waals surface area contributed by atoms with Crippen molar-refractivity contribution < 1.29 is 14.4 Å². The van der Waals surface area contributed by atoms with Crippen molar-refractivity contribution in [2.24, 2.45) is 0 Å². The van der Waals surface area contributed by atoms with Crippen LogP contribution in [-0.2, 0) is 13.1 Å². The molecule has 0 bridgehead atoms. The zero-order chi connectivity index (χ0) is 17.1. The third-order valence-electron chi connectivity index (χ3n) is 3.79. The third kappa shape index (κ3) is 3.42. The number of benzene rings is 1. The number of nitrogens with zero attached hydrogens (tertiary/aromatic N) is 2. The van der Waals surface area contributed by atoms with E-state index >= 15 is 0 Å². The molecule has 2 aromatic heterocycles. The highest BCUT2D eigenvalue weighted by molar-refractivity contribution is 7.15. The summed E-state index contributed by atoms with van der Waals surface area (Å²) in [6, 6.07) is 7.52. The largest absolute Gasteiger partial charge is 0.493 e. The smallest absolute Gasteiger partial charge is 0.258 e. The Morgan fingerprint density at radius 1 is 1.17 bits per heavy atom. The normalized spacial score (nSPS) is 12.3. The topological polar surface area (TPSA) is 57.3 Å². The summed E-state index contributed by atoms with van der Waals surface area (Å²) >= 11 is 1.47. The number of hydrogen-bond acceptors (Lipinski definition) is 5. The van der Waals surface area contributed by atoms with Gasteiger partial charge in [-0.25, -0.2) is 4.98 Å². The van der Waals surface area contributed by atoms with Crippen molar-refractivity contribution in [2.45, 2.75) is 13.1 Å². The lowest BCUT2D eigenvalue weighted by molar-refractivity contribution is -0.908. The minimum absolute atomic E-state index is 0.0323. The van der Waals surface area contributed by atoms with Crippen molar-refractivity contribution in [3.8, 4) is 11.5 Å². The van der Waals surface area contributed by atoms with Crippen molar-refractivity contribution in [3.63, 3.8) is 0 Å². The van der Waals surface area contributed by atoms with Gasteiger partial charge in [0, 0.05) is 23.2 Å². The molecule has 3 aromatic rings. The van der Waals surface area contributed by atoms with Gasteiger partial charge in [0.2, 0.25) is 0 Å². The van der Waals surface area contributed by atoms with Gasteiger partial charge < -0.3 is 14.4 Å². The van der Waals surface area contributed by atoms with Crippen LogP contribution in [0.1, 0.15) is 11.3 Å². The maximum atomic E-state index is 12.0. The monoisotopic (exact) mass is 346 g/mol. The van der Waals surface area contributed by atoms with E-state index in [1.54, 1.807) is 30.9 Å². The molecule has 1 atom stereocenters. The lowest BCUT2D eigenvalue weighted by Gasteiger charge is -2.15. The minimum atomic E-state index is -0.0323. The van der Waals surface area contributed by atoms with Gasteiger partial charge in [0.05, 0.1) is 21.3 Å². The Morgan fingerprint density at radius 3 is 2.71 bits per heavy atom. The first-order chi connectivity index (χ1) is 11.6. The quantitative estimate of drug-likeness (QED) is 0.723. The highest BCUT2D eigenvalue weighted by atomic mass is 32.1. The Hall–Kier alpha value is -2.38. The van der Waals surface area contributed by atoms with E-state index in [0.717, 1.165) is 34.3 Å². The molecule has 0 aliphatic carbocycles. The molecule has 0 aliphatic heterocycles. The van der Waals surface area contributed by atoms with Crippen molar-refractivity contribution >= 4 is 16.3 Å². The van der Waals surface area contributed by atoms with Gasteiger partial charge in [0.15, 0.2) is 16.5 Å². The van der Waals surface area contributed by atoms with Gasteiger partial charge in [-0.2, -0.15) is 0 Å². The van der Waals surface area contributed by atoms with E-state index < -0.39 is 0 Å². The van der Waals surface area contributed by atoms with Crippen molar-refractivity contribution in [1.82, 2.24) is 9.38 Å². The van der Waals surface area contributed by atoms with Crippen LogP contribution in [0.15, 0.2) is 40.6 Å². The van der Waals surface area contributed by atoms with Crippen LogP contribution in [0.3, 0.4) is 0 Å². The van der Waals surface area contributed by atoms with Gasteiger partial charge in [-0.05, 0) is 18.2 Å². The highest BCUT2D eigenvalue weighted by Gasteiger charge is 2.11. The third-order valence-corrected chi connectivity index (χ3v) is 4.55. The van der Waals surface area contributed by atoms with E-state index in [4.69, 9.17) is 9.47 Å². The van der Waals surface area contributed by atoms with Gasteiger partial charge in [0.1, 0.15) is 18.8 Å². The molecular formula is C17H20N3O3S+. The molecule has 6 nitrogen and oxygen atoms in total. The van der Waals surface area contributed by atoms with Crippen LogP contribution in [0.5, 0.6) is 11.5 Å². The molecule has 3 rings (SSSR count). The molecule has 1 N–H and O–H groups in total. The summed E-state index contributed by atoms with van der Waals surface area (Å²) < 4.78 is 12.2. The van der Waals surface area contributed by atoms with Gasteiger partial charge in [-0.15, -0.1) is 11.3 Å². The number of fused-ring (bicyclic) bond motifs is 1. The molecule has 1 unspecified atom stereocenters. The first kappa shape index (κ1) is 16.5. The number of methoxy groups -OCH3 is 2. The number of rotatable bonds is 6. The SMILES string of the molecule is COc1ccc(C[NH+](C)Cc2cc(=O)n3ccsc3n2)cc1OC. The predicted octanol–water partition coefficient (Wildman–Crippen LogP) is 0.988. The Bertz CT molecular complexity index is 903. The minimum Gasteiger partial charge on any atom is -0.493 e. The second kappa shape index (κ2) is 7.02. The lowest BCUT2D eigenvalue weighted by Crippen LogP contribution is -3.06. The second-order valence-electron chi connectivity index (χ2n) is 5.64. The summed E-state index contributed by atoms with van der Waals surface area (Å²) in [6.45, 7) is 1.48. The summed E-state index contributed by atoms with van der Waals surface area (Å²) in [6.07, 6.45) is 1.75. The van der Waals surface area contributed by atoms with Crippen LogP contribution in [0, 0.1) is 0 Å². The molecule has 7 heteroatoms. The zero-order valence-corrected chi connectivity index (χ0v) is 14.7. The Morgan fingerprint density at radius 2 is 1.96 bits per heavy atom. The molecule has 0 fully saturated rings. The van der Waals surface area contributed by atoms with E-state index in [1.165, 1.54) is 16.2 Å². The molecule has 1 aromatic carbocycles. The van der Waals surface area contributed by atoms with Crippen LogP contribution in [0.25, 0.3) is 4.96 Å². The van der Waals surface area contributed by atoms with Crippen molar-refractivity contribution in [3.05, 3.63) is 57.5 Å². The molecule has 0 saturated heterocycles. The molecule has 0 saturated carbocycles. The summed E-state index contributed by atoms with van der Waals surface area (Å²) in [7, 11) is 5.33. The molecule has 2 heterocycles. The van der Waals surface area contributed by atoms with E-state index in [-0.39, 0.29) is 5.56 Å². The number of thiazole rings is 1. The molecular weight excluding hydrogens is 326 g/mol. The van der Waals surface area contributed by atoms with E-state index in [2.05, 4.69) is 12.0 Å². The van der Waals surface area contributed by atoms with E-state index in [9.17, 15) is 4.79 Å². The average molecular weight is 346 g/mol. The summed E-state index contributed by atoms with van der Waals surface area (Å²) in [5.74, 6) is 1.44. The van der Waals surface area contributed by atoms with Crippen molar-refractivity contribution in [1.29, 1.82) is 0 Å². The number of quaternary nitrogens is 1. The molecule has 0 aliphatic rings. The number of hydrogen-bond donors (Lipinski definition) is 1. The zero-order valence-electron chi connectivity index (χ0n) is 13.9. The predicted molar refractivity (Wildman–Crippen MR) is 93.2 cm³/mol. The van der Waals surface area contributed by atoms with Crippen LogP contribution < -0.4 is 19.9 Å². The van der Waals surface area contributed by atoms with Gasteiger partial charge in [-0.1, -0.05) is 0 Å². The summed E-state index contributed by atoms with van der Waals surface area (Å²) in [4.78, 5) is 18.6. The summed E-state index contributed by atoms with van der Waals surface area (Å²) in [5.41, 5.74) is 1.91. The highest BCUT2D eigenvalue weighted by Crippen LogP contribution is 2.27. The van der Waals surface area contributed by atoms with Crippen LogP contribution >= 0.6 is 11.3 Å². The van der Waals surface area contributed by atoms with Gasteiger partial charge in [-0.3, -0.25) is 9.20 Å². The second-order valence-corrected chi connectivity index (χ2v) is 6.51. The molecule has 0 spiro atoms. The number of ether oxygens (including phenoxy) is 2. The van der Waals surface area contributed by atoms with Crippen LogP contribution in [0.4, 0.5) is 0 Å². The number of nitrogens with one attached hydrogen (secondary N) is 1. The summed E-state index contributed by atoms with van der Waals surface area (Å²) in [5, 5.41) is 1.87. The fraction of sp³-hybridized carbons (Fsp3) is 0.294. The molecule has 126 valence electrons. The fourth-order valence-corrected chi connectivity index (χ4v) is 3.43. The first-order valence-corrected chi connectivity index (χ1v) is 8.46. The maximum Gasteiger partial charge on any atom is 0.258 e. The first-order valence-electron chi connectivity index (χ1n) is 7.58. The molecule has 24 heavy (non-hydrogen) atoms.